The molecule has 2 N–H and O–H groups in total. The van der Waals surface area contributed by atoms with Crippen molar-refractivity contribution in [1.29, 1.82) is 0 Å². The summed E-state index contributed by atoms with van der Waals surface area (Å²) in [6, 6.07) is 0. The first-order valence-corrected chi connectivity index (χ1v) is 17.6. The van der Waals surface area contributed by atoms with Crippen LogP contribution in [0.2, 0.25) is 0 Å². The smallest absolute Gasteiger partial charge is 0.204 e. The fraction of sp³-hybridized carbons (Fsp3) is 0.889. The molecule has 228 valence electrons. The van der Waals surface area contributed by atoms with Crippen LogP contribution in [-0.2, 0) is 9.47 Å². The van der Waals surface area contributed by atoms with Crippen LogP contribution in [0.5, 0.6) is 0 Å². The average molecular weight is 559 g/mol. The second-order valence-corrected chi connectivity index (χ2v) is 13.5. The van der Waals surface area contributed by atoms with E-state index in [1.54, 1.807) is 22.3 Å². The largest absolute Gasteiger partial charge is 0.421 e. The van der Waals surface area contributed by atoms with E-state index in [1.807, 2.05) is 0 Å². The number of hydrogen-bond acceptors (Lipinski definition) is 2. The molecule has 3 fully saturated rings. The van der Waals surface area contributed by atoms with Crippen LogP contribution in [0, 0.1) is 23.7 Å². The van der Waals surface area contributed by atoms with Crippen LogP contribution in [0.1, 0.15) is 132 Å². The zero-order valence-electron chi connectivity index (χ0n) is 27.1. The molecule has 0 aromatic heterocycles. The maximum absolute atomic E-state index is 7.17. The van der Waals surface area contributed by atoms with E-state index in [-0.39, 0.29) is 24.4 Å². The molecule has 5 heterocycles. The van der Waals surface area contributed by atoms with Gasteiger partial charge < -0.3 is 18.9 Å². The van der Waals surface area contributed by atoms with Crippen molar-refractivity contribution in [3.63, 3.8) is 0 Å². The first-order chi connectivity index (χ1) is 19.5. The van der Waals surface area contributed by atoms with Crippen molar-refractivity contribution in [3.05, 3.63) is 22.3 Å². The van der Waals surface area contributed by atoms with Crippen molar-refractivity contribution in [3.8, 4) is 0 Å². The number of hydrogen-bond donors (Lipinski definition) is 0. The number of rotatable bonds is 8. The van der Waals surface area contributed by atoms with Gasteiger partial charge in [0.2, 0.25) is 12.2 Å². The van der Waals surface area contributed by atoms with Gasteiger partial charge in [-0.3, -0.25) is 0 Å². The minimum atomic E-state index is 0.245. The molecule has 0 amide bonds. The number of ether oxygens (including phenoxy) is 4. The van der Waals surface area contributed by atoms with E-state index in [4.69, 9.17) is 18.9 Å². The van der Waals surface area contributed by atoms with Gasteiger partial charge in [-0.05, 0) is 62.2 Å². The van der Waals surface area contributed by atoms with E-state index in [9.17, 15) is 0 Å². The lowest BCUT2D eigenvalue weighted by Gasteiger charge is -2.26. The van der Waals surface area contributed by atoms with Gasteiger partial charge in [0.05, 0.1) is 12.2 Å². The highest BCUT2D eigenvalue weighted by Gasteiger charge is 2.56. The first kappa shape index (κ1) is 30.8. The van der Waals surface area contributed by atoms with Gasteiger partial charge in [-0.25, -0.2) is 0 Å². The van der Waals surface area contributed by atoms with E-state index < -0.39 is 0 Å². The Hall–Kier alpha value is -0.680. The molecule has 4 heteroatoms. The Kier molecular flexibility index (Phi) is 10.2. The Bertz CT molecular complexity index is 848. The highest BCUT2D eigenvalue weighted by molar-refractivity contribution is 5.30. The van der Waals surface area contributed by atoms with Gasteiger partial charge in [-0.2, -0.15) is 0 Å². The standard InChI is InChI=1S/C36H60O4/c1-9-21-25(13-5)33-34-26(14-6)22(10-2)31(38-34)19-20-32-24(12-4)28(16-8)36(40-32)35-27(15-7)23(11-3)30(39-35)18-17-29(21)37-33/h21,24-25,28-36H,9-20H2,1-8H3/p+2. The molecule has 5 aliphatic heterocycles. The molecule has 5 aliphatic rings. The molecule has 12 atom stereocenters. The lowest BCUT2D eigenvalue weighted by Crippen LogP contribution is -2.38. The zero-order valence-corrected chi connectivity index (χ0v) is 27.1. The predicted molar refractivity (Wildman–Crippen MR) is 166 cm³/mol. The molecule has 3 saturated heterocycles. The molecule has 0 aromatic carbocycles. The maximum Gasteiger partial charge on any atom is 0.204 e. The minimum Gasteiger partial charge on any atom is -0.421 e. The molecule has 4 nitrogen and oxygen atoms in total. The summed E-state index contributed by atoms with van der Waals surface area (Å²) in [5.74, 6) is 2.48. The van der Waals surface area contributed by atoms with Crippen LogP contribution in [0.25, 0.3) is 0 Å². The molecule has 0 saturated carbocycles. The quantitative estimate of drug-likeness (QED) is 0.224. The van der Waals surface area contributed by atoms with E-state index in [0.29, 0.717) is 48.1 Å². The van der Waals surface area contributed by atoms with E-state index in [1.165, 1.54) is 25.7 Å². The van der Waals surface area contributed by atoms with E-state index in [2.05, 4.69) is 55.4 Å². The highest BCUT2D eigenvalue weighted by Crippen LogP contribution is 2.49. The third-order valence-corrected chi connectivity index (χ3v) is 12.1. The van der Waals surface area contributed by atoms with Crippen molar-refractivity contribution in [2.24, 2.45) is 23.7 Å². The van der Waals surface area contributed by atoms with Crippen LogP contribution in [0.15, 0.2) is 22.3 Å². The van der Waals surface area contributed by atoms with Crippen LogP contribution in [-0.4, -0.2) is 58.3 Å². The zero-order chi connectivity index (χ0) is 28.6. The van der Waals surface area contributed by atoms with Crippen molar-refractivity contribution < 1.29 is 18.9 Å². The van der Waals surface area contributed by atoms with Crippen LogP contribution < -0.4 is 0 Å². The summed E-state index contributed by atoms with van der Waals surface area (Å²) >= 11 is 0. The van der Waals surface area contributed by atoms with Gasteiger partial charge in [-0.1, -0.05) is 81.1 Å². The van der Waals surface area contributed by atoms with Crippen LogP contribution >= 0.6 is 0 Å². The monoisotopic (exact) mass is 558 g/mol. The number of fused-ring (bicyclic) bond motifs is 10. The van der Waals surface area contributed by atoms with Gasteiger partial charge in [0.15, 0.2) is 12.2 Å². The highest BCUT2D eigenvalue weighted by atomic mass is 16.6. The third kappa shape index (κ3) is 5.20. The molecule has 8 bridgehead atoms. The van der Waals surface area contributed by atoms with Gasteiger partial charge >= 0.3 is 0 Å². The van der Waals surface area contributed by atoms with E-state index in [0.717, 1.165) is 51.4 Å². The van der Waals surface area contributed by atoms with Crippen molar-refractivity contribution in [2.45, 2.75) is 181 Å². The first-order valence-electron chi connectivity index (χ1n) is 17.6. The van der Waals surface area contributed by atoms with Crippen molar-refractivity contribution in [1.82, 2.24) is 0 Å². The fourth-order valence-corrected chi connectivity index (χ4v) is 10.3. The average Bonchev–Trinajstić information content (AvgIpc) is 3.71. The summed E-state index contributed by atoms with van der Waals surface area (Å²) in [6.07, 6.45) is 16.1. The van der Waals surface area contributed by atoms with Crippen LogP contribution in [0.3, 0.4) is 0 Å². The topological polar surface area (TPSA) is 44.1 Å². The van der Waals surface area contributed by atoms with Crippen molar-refractivity contribution >= 4 is 0 Å². The van der Waals surface area contributed by atoms with Crippen molar-refractivity contribution in [2.75, 3.05) is 0 Å². The second kappa shape index (κ2) is 13.3. The summed E-state index contributed by atoms with van der Waals surface area (Å²) in [5, 5.41) is 0. The fourth-order valence-electron chi connectivity index (χ4n) is 10.3. The molecular weight excluding hydrogens is 496 g/mol. The molecule has 0 aromatic rings. The molecule has 0 spiro atoms. The number of aliphatic hydroxyl groups is 4. The Morgan fingerprint density at radius 3 is 1.12 bits per heavy atom. The van der Waals surface area contributed by atoms with E-state index >= 15 is 0 Å². The Labute approximate surface area is 246 Å². The molecule has 0 radical (unpaired) electrons. The van der Waals surface area contributed by atoms with Gasteiger partial charge in [0.1, 0.15) is 12.2 Å². The summed E-state index contributed by atoms with van der Waals surface area (Å²) in [6.45, 7) is 19.0. The minimum absolute atomic E-state index is 0.245. The lowest BCUT2D eigenvalue weighted by molar-refractivity contribution is -0.184. The Morgan fingerprint density at radius 2 is 0.825 bits per heavy atom. The van der Waals surface area contributed by atoms with Gasteiger partial charge in [0.25, 0.3) is 0 Å². The van der Waals surface area contributed by atoms with Gasteiger partial charge in [-0.15, -0.1) is 0 Å². The summed E-state index contributed by atoms with van der Waals surface area (Å²) in [7, 11) is 0. The maximum atomic E-state index is 7.17. The third-order valence-electron chi connectivity index (χ3n) is 12.1. The SMILES string of the molecule is CCC1=C(CC)C2[OH+]C1CCC1OC(C3[OH+]C(CCC4OC2C(CC)C4CC)C(CC)=C3CC)C(CC)C1CC. The summed E-state index contributed by atoms with van der Waals surface area (Å²) in [5.41, 5.74) is 6.47. The normalized spacial score (nSPS) is 43.8. The Balaban J connectivity index is 1.53. The van der Waals surface area contributed by atoms with Gasteiger partial charge in [0, 0.05) is 35.1 Å². The molecule has 5 rings (SSSR count). The molecule has 12 unspecified atom stereocenters. The predicted octanol–water partition coefficient (Wildman–Crippen LogP) is 7.99. The summed E-state index contributed by atoms with van der Waals surface area (Å²) < 4.78 is 25.6. The lowest BCUT2D eigenvalue weighted by atomic mass is 9.78. The Morgan fingerprint density at radius 1 is 0.475 bits per heavy atom. The molecule has 0 aliphatic carbocycles. The second-order valence-electron chi connectivity index (χ2n) is 13.5. The summed E-state index contributed by atoms with van der Waals surface area (Å²) in [4.78, 5) is 0. The molecule has 40 heavy (non-hydrogen) atoms. The van der Waals surface area contributed by atoms with Crippen LogP contribution in [0.4, 0.5) is 0 Å². The molecular formula is C36H62O4+2.